The van der Waals surface area contributed by atoms with Crippen LogP contribution in [0.15, 0.2) is 130 Å². The van der Waals surface area contributed by atoms with Crippen LogP contribution in [0.25, 0.3) is 60.8 Å². The zero-order valence-electron chi connectivity index (χ0n) is 44.6. The molecule has 78 heavy (non-hydrogen) atoms. The summed E-state index contributed by atoms with van der Waals surface area (Å²) in [5.74, 6) is 2.50. The van der Waals surface area contributed by atoms with E-state index in [1.54, 1.807) is 6.07 Å². The molecule has 9 aromatic rings. The van der Waals surface area contributed by atoms with E-state index in [2.05, 4.69) is 98.7 Å². The van der Waals surface area contributed by atoms with Gasteiger partial charge in [-0.1, -0.05) is 65.8 Å². The number of rotatable bonds is 10. The molecule has 0 saturated carbocycles. The number of aliphatic imine (C=N–C) groups is 1. The fraction of sp³-hybridized carbons (Fsp3) is 0.367. The maximum atomic E-state index is 12.5. The summed E-state index contributed by atoms with van der Waals surface area (Å²) in [5, 5.41) is 6.01. The number of benzene rings is 2. The summed E-state index contributed by atoms with van der Waals surface area (Å²) >= 11 is 0. The monoisotopic (exact) mass is 1090 g/mol. The molecule has 4 aliphatic rings. The molecule has 11 heterocycles. The lowest BCUT2D eigenvalue weighted by atomic mass is 9.86. The standard InChI is InChI=1S/C32H35N5O3S.C28H28N4O4S/c1-21-19-33-22(2)29(21)25-18-27-30(34-20-25)26-8-9-28(36-12-16-41(38,39)17-13-36)35-32(26)37(27)31(23-6-4-3-5-7-23)24-10-14-40-15-11-24;1-17-25(18(2)36-31-17)21-15-23-26(29-16-21)22-9-10-24(37(3,33)34)30-28(22)32(23)27(19-7-5-4-6-8-19)20-11-13-35-14-12-20/h3-9,18,20,24,31H,10-17,19H2,1-2H3;4-10,15-16,20,27H,11-14H2,1-3H3. The number of fused-ring (bicyclic) bond motifs is 6. The number of hydrogen-bond acceptors (Lipinski definition) is 14. The maximum Gasteiger partial charge on any atom is 0.192 e. The summed E-state index contributed by atoms with van der Waals surface area (Å²) < 4.78 is 70.8. The molecule has 402 valence electrons. The fourth-order valence-electron chi connectivity index (χ4n) is 12.4. The van der Waals surface area contributed by atoms with Gasteiger partial charge in [-0.25, -0.2) is 26.8 Å². The zero-order chi connectivity index (χ0) is 53.9. The summed E-state index contributed by atoms with van der Waals surface area (Å²) in [6.45, 7) is 12.6. The lowest BCUT2D eigenvalue weighted by molar-refractivity contribution is 0.0551. The van der Waals surface area contributed by atoms with Crippen LogP contribution < -0.4 is 4.90 Å². The van der Waals surface area contributed by atoms with Crippen molar-refractivity contribution in [2.45, 2.75) is 70.5 Å². The number of allylic oxidation sites excluding steroid dienone is 1. The second-order valence-electron chi connectivity index (χ2n) is 21.3. The Kier molecular flexibility index (Phi) is 13.8. The molecule has 2 atom stereocenters. The summed E-state index contributed by atoms with van der Waals surface area (Å²) in [6, 6.07) is 32.9. The van der Waals surface area contributed by atoms with Crippen molar-refractivity contribution in [3.8, 4) is 11.1 Å². The van der Waals surface area contributed by atoms with Crippen LogP contribution in [-0.4, -0.2) is 121 Å². The summed E-state index contributed by atoms with van der Waals surface area (Å²) in [7, 11) is -6.50. The van der Waals surface area contributed by atoms with E-state index in [4.69, 9.17) is 33.9 Å². The Labute approximate surface area is 454 Å². The van der Waals surface area contributed by atoms with E-state index in [1.165, 1.54) is 23.0 Å². The molecule has 3 fully saturated rings. The Hall–Kier alpha value is -7.12. The van der Waals surface area contributed by atoms with Crippen LogP contribution in [0, 0.1) is 25.7 Å². The molecule has 13 rings (SSSR count). The second-order valence-corrected chi connectivity index (χ2v) is 25.5. The second kappa shape index (κ2) is 20.9. The van der Waals surface area contributed by atoms with Crippen LogP contribution in [0.4, 0.5) is 5.82 Å². The highest BCUT2D eigenvalue weighted by molar-refractivity contribution is 7.91. The molecule has 3 saturated heterocycles. The Morgan fingerprint density at radius 3 is 1.69 bits per heavy atom. The average molecular weight is 1090 g/mol. The number of aromatic nitrogens is 7. The van der Waals surface area contributed by atoms with Gasteiger partial charge in [0.1, 0.15) is 22.9 Å². The van der Waals surface area contributed by atoms with E-state index in [0.29, 0.717) is 37.9 Å². The van der Waals surface area contributed by atoms with E-state index in [-0.39, 0.29) is 34.5 Å². The molecule has 16 nitrogen and oxygen atoms in total. The van der Waals surface area contributed by atoms with Gasteiger partial charge in [0.15, 0.2) is 24.7 Å². The predicted octanol–water partition coefficient (Wildman–Crippen LogP) is 10.4. The largest absolute Gasteiger partial charge is 0.381 e. The van der Waals surface area contributed by atoms with E-state index >= 15 is 0 Å². The van der Waals surface area contributed by atoms with Gasteiger partial charge in [0.25, 0.3) is 0 Å². The van der Waals surface area contributed by atoms with Gasteiger partial charge in [0, 0.05) is 96.9 Å². The summed E-state index contributed by atoms with van der Waals surface area (Å²) in [6.07, 6.45) is 8.71. The van der Waals surface area contributed by atoms with E-state index in [9.17, 15) is 16.8 Å². The quantitative estimate of drug-likeness (QED) is 0.126. The first-order chi connectivity index (χ1) is 37.7. The molecule has 2 unspecified atom stereocenters. The SMILES string of the molecule is CC1=NCC(C)=C1c1cnc2c3ccc(N4CCS(=O)(=O)CC4)nc3n(C(c3ccccc3)C3CCOCC3)c2c1.Cc1noc(C)c1-c1cnc2c3ccc(S(C)(=O)=O)nc3n(C(c3ccccc3)C3CCOCC3)c2c1. The topological polar surface area (TPSA) is 190 Å². The van der Waals surface area contributed by atoms with Crippen molar-refractivity contribution < 1.29 is 30.8 Å². The molecule has 0 radical (unpaired) electrons. The van der Waals surface area contributed by atoms with Gasteiger partial charge < -0.3 is 28.0 Å². The van der Waals surface area contributed by atoms with Crippen LogP contribution >= 0.6 is 0 Å². The molecule has 0 amide bonds. The number of pyridine rings is 4. The highest BCUT2D eigenvalue weighted by Crippen LogP contribution is 2.44. The van der Waals surface area contributed by atoms with Crippen molar-refractivity contribution in [2.75, 3.05) is 68.7 Å². The lowest BCUT2D eigenvalue weighted by Gasteiger charge is -2.33. The molecule has 0 bridgehead atoms. The normalized spacial score (nSPS) is 18.4. The van der Waals surface area contributed by atoms with Crippen molar-refractivity contribution in [1.29, 1.82) is 0 Å². The van der Waals surface area contributed by atoms with Crippen molar-refractivity contribution in [3.63, 3.8) is 0 Å². The highest BCUT2D eigenvalue weighted by atomic mass is 32.2. The Morgan fingerprint density at radius 1 is 0.654 bits per heavy atom. The van der Waals surface area contributed by atoms with Crippen LogP contribution in [0.5, 0.6) is 0 Å². The fourth-order valence-corrected chi connectivity index (χ4v) is 14.1. The van der Waals surface area contributed by atoms with Gasteiger partial charge >= 0.3 is 0 Å². The van der Waals surface area contributed by atoms with Crippen molar-refractivity contribution in [2.24, 2.45) is 16.8 Å². The number of ether oxygens (including phenoxy) is 2. The average Bonchev–Trinajstić information content (AvgIpc) is 4.19. The molecule has 0 N–H and O–H groups in total. The van der Waals surface area contributed by atoms with Gasteiger partial charge in [-0.15, -0.1) is 0 Å². The molecular weight excluding hydrogens is 1020 g/mol. The number of hydrogen-bond donors (Lipinski definition) is 0. The third kappa shape index (κ3) is 9.70. The van der Waals surface area contributed by atoms with Crippen LogP contribution in [0.1, 0.15) is 79.8 Å². The zero-order valence-corrected chi connectivity index (χ0v) is 46.2. The van der Waals surface area contributed by atoms with Gasteiger partial charge in [-0.3, -0.25) is 15.0 Å². The highest BCUT2D eigenvalue weighted by Gasteiger charge is 2.34. The summed E-state index contributed by atoms with van der Waals surface area (Å²) in [5.41, 5.74) is 14.7. The number of nitrogens with zero attached hydrogens (tertiary/aromatic N) is 9. The maximum absolute atomic E-state index is 12.5. The Morgan fingerprint density at radius 2 is 1.18 bits per heavy atom. The predicted molar refractivity (Wildman–Crippen MR) is 306 cm³/mol. The van der Waals surface area contributed by atoms with Crippen LogP contribution in [0.3, 0.4) is 0 Å². The molecule has 4 aliphatic heterocycles. The molecule has 2 aromatic carbocycles. The van der Waals surface area contributed by atoms with E-state index in [1.807, 2.05) is 56.6 Å². The smallest absolute Gasteiger partial charge is 0.192 e. The van der Waals surface area contributed by atoms with Crippen LogP contribution in [-0.2, 0) is 29.1 Å². The lowest BCUT2D eigenvalue weighted by Crippen LogP contribution is -2.40. The number of anilines is 1. The Bertz CT molecular complexity index is 4010. The molecule has 0 aliphatic carbocycles. The molecule has 7 aromatic heterocycles. The first-order valence-electron chi connectivity index (χ1n) is 26.9. The first-order valence-corrected chi connectivity index (χ1v) is 30.6. The third-order valence-electron chi connectivity index (χ3n) is 16.2. The van der Waals surface area contributed by atoms with Crippen molar-refractivity contribution >= 4 is 80.9 Å². The first kappa shape index (κ1) is 51.6. The van der Waals surface area contributed by atoms with Gasteiger partial charge in [-0.05, 0) is 118 Å². The number of sulfone groups is 2. The van der Waals surface area contributed by atoms with Gasteiger partial charge in [0.05, 0.1) is 57.9 Å². The molecular formula is C60H63N9O7S2. The van der Waals surface area contributed by atoms with Gasteiger partial charge in [0.2, 0.25) is 0 Å². The van der Waals surface area contributed by atoms with Crippen molar-refractivity contribution in [3.05, 3.63) is 143 Å². The van der Waals surface area contributed by atoms with Crippen LogP contribution in [0.2, 0.25) is 0 Å². The minimum Gasteiger partial charge on any atom is -0.381 e. The molecule has 0 spiro atoms. The minimum absolute atomic E-state index is 0.0498. The van der Waals surface area contributed by atoms with E-state index < -0.39 is 19.7 Å². The van der Waals surface area contributed by atoms with Gasteiger partial charge in [-0.2, -0.15) is 0 Å². The summed E-state index contributed by atoms with van der Waals surface area (Å²) in [4.78, 5) is 26.7. The number of aryl methyl sites for hydroxylation is 2. The Balaban J connectivity index is 0.000000157. The molecule has 18 heteroatoms. The third-order valence-corrected chi connectivity index (χ3v) is 18.8. The van der Waals surface area contributed by atoms with Crippen molar-refractivity contribution in [1.82, 2.24) is 34.2 Å². The minimum atomic E-state index is -3.50. The van der Waals surface area contributed by atoms with E-state index in [0.717, 1.165) is 129 Å².